The van der Waals surface area contributed by atoms with E-state index in [1.165, 1.54) is 7.11 Å². The molecule has 0 unspecified atom stereocenters. The number of nitrogens with one attached hydrogen (secondary N) is 1. The SMILES string of the molecule is COc1ccc(F)cc1S(=O)(=O)NC[C@H](O)C(=O)O. The summed E-state index contributed by atoms with van der Waals surface area (Å²) in [6.45, 7) is -0.739. The summed E-state index contributed by atoms with van der Waals surface area (Å²) in [6, 6.07) is 2.87. The molecule has 0 amide bonds. The number of aliphatic carboxylic acids is 1. The Balaban J connectivity index is 3.00. The third-order valence-electron chi connectivity index (χ3n) is 2.17. The third-order valence-corrected chi connectivity index (χ3v) is 3.61. The van der Waals surface area contributed by atoms with Gasteiger partial charge in [0.2, 0.25) is 10.0 Å². The average molecular weight is 293 g/mol. The van der Waals surface area contributed by atoms with Gasteiger partial charge in [-0.2, -0.15) is 0 Å². The highest BCUT2D eigenvalue weighted by Crippen LogP contribution is 2.24. The van der Waals surface area contributed by atoms with E-state index in [0.717, 1.165) is 18.2 Å². The Bertz CT molecular complexity index is 573. The molecule has 106 valence electrons. The van der Waals surface area contributed by atoms with Crippen LogP contribution in [0.1, 0.15) is 0 Å². The molecule has 0 saturated heterocycles. The molecule has 0 aliphatic carbocycles. The lowest BCUT2D eigenvalue weighted by molar-refractivity contribution is -0.146. The number of halogens is 1. The number of benzene rings is 1. The molecule has 1 atom stereocenters. The Kier molecular flexibility index (Phi) is 4.81. The number of hydrogen-bond acceptors (Lipinski definition) is 5. The molecule has 0 aromatic heterocycles. The van der Waals surface area contributed by atoms with Crippen molar-refractivity contribution in [1.29, 1.82) is 0 Å². The quantitative estimate of drug-likeness (QED) is 0.655. The largest absolute Gasteiger partial charge is 0.495 e. The number of aliphatic hydroxyl groups is 1. The minimum atomic E-state index is -4.19. The standard InChI is InChI=1S/C10H12FNO6S/c1-18-8-3-2-6(11)4-9(8)19(16,17)12-5-7(13)10(14)15/h2-4,7,12-13H,5H2,1H3,(H,14,15)/t7-/m0/s1. The van der Waals surface area contributed by atoms with E-state index in [9.17, 15) is 17.6 Å². The topological polar surface area (TPSA) is 113 Å². The van der Waals surface area contributed by atoms with Crippen LogP contribution in [-0.2, 0) is 14.8 Å². The van der Waals surface area contributed by atoms with E-state index in [1.807, 2.05) is 4.72 Å². The van der Waals surface area contributed by atoms with E-state index < -0.39 is 39.4 Å². The molecule has 1 aromatic carbocycles. The van der Waals surface area contributed by atoms with Gasteiger partial charge in [0, 0.05) is 6.54 Å². The molecular formula is C10H12FNO6S. The van der Waals surface area contributed by atoms with Crippen LogP contribution in [0.25, 0.3) is 0 Å². The second-order valence-corrected chi connectivity index (χ2v) is 5.24. The van der Waals surface area contributed by atoms with Gasteiger partial charge in [-0.3, -0.25) is 0 Å². The lowest BCUT2D eigenvalue weighted by Gasteiger charge is -2.11. The lowest BCUT2D eigenvalue weighted by Crippen LogP contribution is -2.36. The van der Waals surface area contributed by atoms with Gasteiger partial charge in [0.05, 0.1) is 7.11 Å². The first kappa shape index (κ1) is 15.3. The zero-order valence-electron chi connectivity index (χ0n) is 9.83. The van der Waals surface area contributed by atoms with Crippen molar-refractivity contribution in [2.24, 2.45) is 0 Å². The molecule has 0 bridgehead atoms. The minimum Gasteiger partial charge on any atom is -0.495 e. The third kappa shape index (κ3) is 3.88. The molecule has 1 aromatic rings. The molecule has 7 nitrogen and oxygen atoms in total. The van der Waals surface area contributed by atoms with Gasteiger partial charge in [0.25, 0.3) is 0 Å². The average Bonchev–Trinajstić information content (AvgIpc) is 2.35. The van der Waals surface area contributed by atoms with Gasteiger partial charge >= 0.3 is 5.97 Å². The summed E-state index contributed by atoms with van der Waals surface area (Å²) < 4.78 is 43.3. The normalized spacial score (nSPS) is 13.0. The number of ether oxygens (including phenoxy) is 1. The second-order valence-electron chi connectivity index (χ2n) is 3.50. The van der Waals surface area contributed by atoms with Crippen molar-refractivity contribution in [2.75, 3.05) is 13.7 Å². The van der Waals surface area contributed by atoms with Gasteiger partial charge in [0.15, 0.2) is 6.10 Å². The molecule has 0 fully saturated rings. The summed E-state index contributed by atoms with van der Waals surface area (Å²) in [5.41, 5.74) is 0. The first-order valence-corrected chi connectivity index (χ1v) is 6.50. The van der Waals surface area contributed by atoms with Crippen LogP contribution >= 0.6 is 0 Å². The van der Waals surface area contributed by atoms with E-state index in [0.29, 0.717) is 0 Å². The number of aliphatic hydroxyl groups excluding tert-OH is 1. The van der Waals surface area contributed by atoms with Crippen LogP contribution in [0.15, 0.2) is 23.1 Å². The first-order chi connectivity index (χ1) is 8.77. The lowest BCUT2D eigenvalue weighted by atomic mass is 10.3. The van der Waals surface area contributed by atoms with Crippen molar-refractivity contribution in [1.82, 2.24) is 4.72 Å². The maximum Gasteiger partial charge on any atom is 0.333 e. The second kappa shape index (κ2) is 5.95. The maximum atomic E-state index is 13.0. The Morgan fingerprint density at radius 3 is 2.68 bits per heavy atom. The molecule has 0 spiro atoms. The van der Waals surface area contributed by atoms with Crippen molar-refractivity contribution in [3.63, 3.8) is 0 Å². The molecule has 0 aliphatic rings. The van der Waals surface area contributed by atoms with E-state index in [-0.39, 0.29) is 5.75 Å². The van der Waals surface area contributed by atoms with Crippen LogP contribution < -0.4 is 9.46 Å². The summed E-state index contributed by atoms with van der Waals surface area (Å²) in [5, 5.41) is 17.4. The fourth-order valence-corrected chi connectivity index (χ4v) is 2.43. The van der Waals surface area contributed by atoms with Crippen molar-refractivity contribution in [2.45, 2.75) is 11.0 Å². The van der Waals surface area contributed by atoms with E-state index in [1.54, 1.807) is 0 Å². The Morgan fingerprint density at radius 2 is 2.16 bits per heavy atom. The highest BCUT2D eigenvalue weighted by Gasteiger charge is 2.23. The highest BCUT2D eigenvalue weighted by atomic mass is 32.2. The number of sulfonamides is 1. The van der Waals surface area contributed by atoms with Crippen molar-refractivity contribution in [3.8, 4) is 5.75 Å². The summed E-state index contributed by atoms with van der Waals surface area (Å²) in [6.07, 6.45) is -1.89. The number of carboxylic acid groups (broad SMARTS) is 1. The van der Waals surface area contributed by atoms with E-state index >= 15 is 0 Å². The molecule has 0 aliphatic heterocycles. The van der Waals surface area contributed by atoms with Crippen LogP contribution in [0.4, 0.5) is 4.39 Å². The number of carbonyl (C=O) groups is 1. The number of methoxy groups -OCH3 is 1. The Labute approximate surface area is 108 Å². The van der Waals surface area contributed by atoms with Crippen LogP contribution in [0.2, 0.25) is 0 Å². The summed E-state index contributed by atoms with van der Waals surface area (Å²) >= 11 is 0. The van der Waals surface area contributed by atoms with Gasteiger partial charge in [-0.05, 0) is 18.2 Å². The molecule has 0 radical (unpaired) electrons. The Hall–Kier alpha value is -1.71. The zero-order valence-corrected chi connectivity index (χ0v) is 10.6. The van der Waals surface area contributed by atoms with E-state index in [2.05, 4.69) is 0 Å². The molecule has 0 heterocycles. The van der Waals surface area contributed by atoms with Crippen LogP contribution in [0, 0.1) is 5.82 Å². The minimum absolute atomic E-state index is 0.0984. The summed E-state index contributed by atoms with van der Waals surface area (Å²) in [4.78, 5) is 9.88. The van der Waals surface area contributed by atoms with Gasteiger partial charge in [0.1, 0.15) is 16.5 Å². The maximum absolute atomic E-state index is 13.0. The van der Waals surface area contributed by atoms with Gasteiger partial charge in [-0.25, -0.2) is 22.3 Å². The number of rotatable bonds is 6. The number of hydrogen-bond donors (Lipinski definition) is 3. The fourth-order valence-electron chi connectivity index (χ4n) is 1.21. The van der Waals surface area contributed by atoms with Crippen LogP contribution in [0.5, 0.6) is 5.75 Å². The fraction of sp³-hybridized carbons (Fsp3) is 0.300. The molecule has 1 rings (SSSR count). The summed E-state index contributed by atoms with van der Waals surface area (Å²) in [7, 11) is -2.99. The molecule has 0 saturated carbocycles. The van der Waals surface area contributed by atoms with Crippen molar-refractivity contribution >= 4 is 16.0 Å². The Morgan fingerprint density at radius 1 is 1.53 bits per heavy atom. The van der Waals surface area contributed by atoms with Crippen molar-refractivity contribution in [3.05, 3.63) is 24.0 Å². The summed E-state index contributed by atoms with van der Waals surface area (Å²) in [5.74, 6) is -2.47. The molecule has 3 N–H and O–H groups in total. The van der Waals surface area contributed by atoms with E-state index in [4.69, 9.17) is 14.9 Å². The van der Waals surface area contributed by atoms with Crippen LogP contribution in [0.3, 0.4) is 0 Å². The van der Waals surface area contributed by atoms with Crippen LogP contribution in [-0.4, -0.2) is 44.4 Å². The molecule has 9 heteroatoms. The highest BCUT2D eigenvalue weighted by molar-refractivity contribution is 7.89. The molecule has 19 heavy (non-hydrogen) atoms. The zero-order chi connectivity index (χ0) is 14.6. The van der Waals surface area contributed by atoms with Gasteiger partial charge < -0.3 is 14.9 Å². The van der Waals surface area contributed by atoms with Crippen molar-refractivity contribution < 1.29 is 32.6 Å². The van der Waals surface area contributed by atoms with Gasteiger partial charge in [-0.1, -0.05) is 0 Å². The predicted molar refractivity (Wildman–Crippen MR) is 61.8 cm³/mol. The molecular weight excluding hydrogens is 281 g/mol. The smallest absolute Gasteiger partial charge is 0.333 e. The predicted octanol–water partition coefficient (Wildman–Crippen LogP) is -0.442. The van der Waals surface area contributed by atoms with Gasteiger partial charge in [-0.15, -0.1) is 0 Å². The monoisotopic (exact) mass is 293 g/mol. The first-order valence-electron chi connectivity index (χ1n) is 5.02. The number of carboxylic acids is 1.